The molecule has 4 nitrogen and oxygen atoms in total. The fourth-order valence-electron chi connectivity index (χ4n) is 18.9. The molecular formula is C106H130N2O2S6. The Bertz CT molecular complexity index is 4910. The zero-order valence-corrected chi connectivity index (χ0v) is 75.4. The molecule has 0 radical (unpaired) electrons. The summed E-state index contributed by atoms with van der Waals surface area (Å²) in [7, 11) is 0. The van der Waals surface area contributed by atoms with Gasteiger partial charge in [-0.3, -0.25) is 9.59 Å². The van der Waals surface area contributed by atoms with Crippen LogP contribution in [0.3, 0.4) is 0 Å². The van der Waals surface area contributed by atoms with Crippen LogP contribution in [-0.4, -0.2) is 34.7 Å². The van der Waals surface area contributed by atoms with E-state index in [1.54, 1.807) is 22.7 Å². The third-order valence-electron chi connectivity index (χ3n) is 25.4. The molecule has 3 unspecified atom stereocenters. The second kappa shape index (κ2) is 44.5. The number of hydrogen-bond acceptors (Lipinski definition) is 8. The fourth-order valence-corrected chi connectivity index (χ4v) is 25.6. The summed E-state index contributed by atoms with van der Waals surface area (Å²) in [4.78, 5) is 52.6. The molecule has 0 saturated carbocycles. The lowest BCUT2D eigenvalue weighted by Gasteiger charge is -2.29. The van der Waals surface area contributed by atoms with Gasteiger partial charge >= 0.3 is 0 Å². The van der Waals surface area contributed by atoms with Crippen LogP contribution >= 0.6 is 68.0 Å². The van der Waals surface area contributed by atoms with Gasteiger partial charge in [0.2, 0.25) is 0 Å². The van der Waals surface area contributed by atoms with Crippen LogP contribution in [0.1, 0.15) is 310 Å². The molecule has 4 aromatic carbocycles. The Morgan fingerprint density at radius 3 is 1.03 bits per heavy atom. The summed E-state index contributed by atoms with van der Waals surface area (Å²) in [6.45, 7) is 10.5. The first-order valence-corrected chi connectivity index (χ1v) is 51.0. The Morgan fingerprint density at radius 2 is 0.629 bits per heavy atom. The number of nitrogens with zero attached hydrogens (tertiary/aromatic N) is 2. The highest BCUT2D eigenvalue weighted by molar-refractivity contribution is 7.28. The van der Waals surface area contributed by atoms with Crippen LogP contribution < -0.4 is 0 Å². The molecule has 2 aliphatic carbocycles. The lowest BCUT2D eigenvalue weighted by molar-refractivity contribution is -0.124. The summed E-state index contributed by atoms with van der Waals surface area (Å²) in [5.74, 6) is 1.10. The molecule has 3 atom stereocenters. The van der Waals surface area contributed by atoms with Crippen molar-refractivity contribution in [1.29, 1.82) is 0 Å². The Balaban J connectivity index is 0.817. The van der Waals surface area contributed by atoms with Crippen LogP contribution in [0.25, 0.3) is 88.0 Å². The lowest BCUT2D eigenvalue weighted by Crippen LogP contribution is -2.34. The number of hydrogen-bond donors (Lipinski definition) is 0. The van der Waals surface area contributed by atoms with Crippen LogP contribution in [0, 0.1) is 17.8 Å². The van der Waals surface area contributed by atoms with Crippen LogP contribution in [0.5, 0.6) is 0 Å². The van der Waals surface area contributed by atoms with Gasteiger partial charge in [0.15, 0.2) is 0 Å². The highest BCUT2D eigenvalue weighted by atomic mass is 32.1. The average molecular weight is 1660 g/mol. The molecule has 116 heavy (non-hydrogen) atoms. The summed E-state index contributed by atoms with van der Waals surface area (Å²) in [5, 5.41) is 5.10. The van der Waals surface area contributed by atoms with Crippen LogP contribution in [-0.2, 0) is 16.0 Å². The molecule has 0 spiro atoms. The van der Waals surface area contributed by atoms with Crippen molar-refractivity contribution in [3.05, 3.63) is 218 Å². The van der Waals surface area contributed by atoms with Crippen molar-refractivity contribution >= 4 is 118 Å². The number of benzene rings is 4. The van der Waals surface area contributed by atoms with Crippen molar-refractivity contribution in [3.63, 3.8) is 0 Å². The van der Waals surface area contributed by atoms with Gasteiger partial charge in [0.25, 0.3) is 11.8 Å². The van der Waals surface area contributed by atoms with Gasteiger partial charge in [-0.15, -0.1) is 68.0 Å². The molecule has 2 amide bonds. The minimum Gasteiger partial charge on any atom is -0.306 e. The standard InChI is InChI=1S/C106H130N2O2S6/c1-5-9-13-17-21-25-27-31-35-39-51-77(49-37-33-29-23-19-15-11-7-3)75-107-103(97-71-67-93(115-97)89-63-61-87(111-89)91-65-69-95(113-91)99-83-57-45-41-53-79(83)73-80-54-42-46-58-84(80)99)101-102(105(107)109)104(108(106(101)110)76-78(50-38-34-30-24-20-16-12-8-4)52-40-36-32-28-26-22-18-14-10-6-2)98-72-68-94(116-98)90-64-62-88(112-90)92-66-70-96(114-92)100-85-59-47-43-55-81(85)74-82-56-44-48-60-86(82)100/h41-48,53-73,77-78,81H,5-40,49-52,74-76H2,1-4H3. The average Bonchev–Trinajstić information content (AvgIpc) is 1.55. The molecule has 0 fully saturated rings. The highest BCUT2D eigenvalue weighted by Gasteiger charge is 2.50. The SMILES string of the molecule is CCCCCCCCCCCCC(CCCCCCCCCC)CN1C(=O)C2=C(c3ccc(-c4ccc(-c5ccc(-c6c7ccccc7cc7ccccc67)s5)s4)s3)N(CC(CCCCCCCCCC)CCCCCCCCCCCC)C(=O)C2=C1c1ccc(-c2ccc(-c3ccc(C4=C5C=CC=CC5Cc5ccccc54)s3)s2)s1. The van der Waals surface area contributed by atoms with Gasteiger partial charge in [0.05, 0.1) is 32.3 Å². The molecule has 4 aliphatic rings. The molecule has 2 aliphatic heterocycles. The Kier molecular flexibility index (Phi) is 32.9. The van der Waals surface area contributed by atoms with E-state index in [4.69, 9.17) is 0 Å². The summed E-state index contributed by atoms with van der Waals surface area (Å²) in [6, 6.07) is 56.9. The molecular weight excluding hydrogens is 1530 g/mol. The zero-order chi connectivity index (χ0) is 79.6. The van der Waals surface area contributed by atoms with Crippen molar-refractivity contribution in [1.82, 2.24) is 9.80 Å². The summed E-state index contributed by atoms with van der Waals surface area (Å²) in [6.07, 6.45) is 61.3. The first-order chi connectivity index (χ1) is 57.3. The van der Waals surface area contributed by atoms with Crippen molar-refractivity contribution in [2.24, 2.45) is 17.8 Å². The third-order valence-corrected chi connectivity index (χ3v) is 32.8. The van der Waals surface area contributed by atoms with E-state index in [9.17, 15) is 0 Å². The van der Waals surface area contributed by atoms with Crippen molar-refractivity contribution in [2.45, 2.75) is 291 Å². The number of carbonyl (C=O) groups is 2. The number of thiophene rings is 6. The van der Waals surface area contributed by atoms with Crippen LogP contribution in [0.4, 0.5) is 0 Å². The maximum atomic E-state index is 16.9. The molecule has 10 heteroatoms. The number of fused-ring (bicyclic) bond motifs is 5. The van der Waals surface area contributed by atoms with Crippen LogP contribution in [0.2, 0.25) is 0 Å². The maximum absolute atomic E-state index is 16.9. The van der Waals surface area contributed by atoms with E-state index in [1.165, 1.54) is 329 Å². The molecule has 612 valence electrons. The Morgan fingerprint density at radius 1 is 0.319 bits per heavy atom. The monoisotopic (exact) mass is 1650 g/mol. The van der Waals surface area contributed by atoms with E-state index in [0.29, 0.717) is 42.0 Å². The van der Waals surface area contributed by atoms with Crippen LogP contribution in [0.15, 0.2) is 193 Å². The van der Waals surface area contributed by atoms with E-state index in [-0.39, 0.29) is 11.8 Å². The minimum absolute atomic E-state index is 0.0320. The van der Waals surface area contributed by atoms with E-state index < -0.39 is 0 Å². The van der Waals surface area contributed by atoms with Gasteiger partial charge in [0, 0.05) is 78.9 Å². The maximum Gasteiger partial charge on any atom is 0.261 e. The second-order valence-electron chi connectivity index (χ2n) is 34.2. The van der Waals surface area contributed by atoms with Gasteiger partial charge in [-0.05, 0) is 161 Å². The highest BCUT2D eigenvalue weighted by Crippen LogP contribution is 2.54. The topological polar surface area (TPSA) is 40.6 Å². The smallest absolute Gasteiger partial charge is 0.261 e. The number of allylic oxidation sites excluding steroid dienone is 5. The summed E-state index contributed by atoms with van der Waals surface area (Å²) in [5.41, 5.74) is 9.91. The number of carbonyl (C=O) groups excluding carboxylic acids is 2. The first kappa shape index (κ1) is 85.7. The van der Waals surface area contributed by atoms with Crippen molar-refractivity contribution in [3.8, 4) is 49.5 Å². The molecule has 0 N–H and O–H groups in total. The predicted octanol–water partition coefficient (Wildman–Crippen LogP) is 34.5. The zero-order valence-electron chi connectivity index (χ0n) is 70.5. The normalized spacial score (nSPS) is 15.3. The number of rotatable bonds is 52. The lowest BCUT2D eigenvalue weighted by atomic mass is 9.76. The molecule has 8 heterocycles. The minimum atomic E-state index is 0.0320. The van der Waals surface area contributed by atoms with E-state index in [1.807, 2.05) is 45.3 Å². The second-order valence-corrected chi connectivity index (χ2v) is 40.7. The number of amides is 2. The molecule has 14 rings (SSSR count). The molecule has 10 aromatic rings. The van der Waals surface area contributed by atoms with E-state index >= 15 is 9.59 Å². The molecule has 0 bridgehead atoms. The fraction of sp³-hybridized carbons (Fsp3) is 0.472. The van der Waals surface area contributed by atoms with Crippen molar-refractivity contribution in [2.75, 3.05) is 13.1 Å². The molecule has 0 saturated heterocycles. The largest absolute Gasteiger partial charge is 0.306 e. The van der Waals surface area contributed by atoms with E-state index in [0.717, 1.165) is 53.3 Å². The van der Waals surface area contributed by atoms with Crippen molar-refractivity contribution < 1.29 is 9.59 Å². The van der Waals surface area contributed by atoms with Gasteiger partial charge in [-0.1, -0.05) is 356 Å². The van der Waals surface area contributed by atoms with E-state index in [2.05, 4.69) is 213 Å². The quantitative estimate of drug-likeness (QED) is 0.0282. The van der Waals surface area contributed by atoms with Gasteiger partial charge in [0.1, 0.15) is 0 Å². The Labute approximate surface area is 721 Å². The molecule has 6 aromatic heterocycles. The van der Waals surface area contributed by atoms with Gasteiger partial charge < -0.3 is 9.80 Å². The predicted molar refractivity (Wildman–Crippen MR) is 512 cm³/mol. The van der Waals surface area contributed by atoms with Gasteiger partial charge in [-0.25, -0.2) is 0 Å². The summed E-state index contributed by atoms with van der Waals surface area (Å²) >= 11 is 11.1. The first-order valence-electron chi connectivity index (χ1n) is 46.1. The third kappa shape index (κ3) is 21.9. The number of unbranched alkanes of at least 4 members (excludes halogenated alkanes) is 32. The summed E-state index contributed by atoms with van der Waals surface area (Å²) < 4.78 is 0. The Hall–Kier alpha value is -6.76. The van der Waals surface area contributed by atoms with Gasteiger partial charge in [-0.2, -0.15) is 0 Å².